The summed E-state index contributed by atoms with van der Waals surface area (Å²) in [5, 5.41) is 2.95. The van der Waals surface area contributed by atoms with Gasteiger partial charge in [0.2, 0.25) is 5.91 Å². The molecule has 1 aromatic carbocycles. The molecule has 0 radical (unpaired) electrons. The topological polar surface area (TPSA) is 47.6 Å². The summed E-state index contributed by atoms with van der Waals surface area (Å²) in [6, 6.07) is 8.47. The molecule has 0 aromatic heterocycles. The quantitative estimate of drug-likeness (QED) is 0.876. The zero-order valence-electron chi connectivity index (χ0n) is 12.9. The smallest absolute Gasteiger partial charge is 0.246 e. The Labute approximate surface area is 126 Å². The summed E-state index contributed by atoms with van der Waals surface area (Å²) < 4.78 is 11.1. The zero-order valence-corrected chi connectivity index (χ0v) is 12.9. The molecule has 1 aliphatic heterocycles. The average Bonchev–Trinajstić information content (AvgIpc) is 2.52. The molecule has 1 N–H and O–H groups in total. The lowest BCUT2D eigenvalue weighted by Gasteiger charge is -2.32. The molecule has 1 aromatic rings. The van der Waals surface area contributed by atoms with Crippen LogP contribution in [0.15, 0.2) is 24.3 Å². The standard InChI is InChI=1S/C17H25NO3/c1-3-20-12-16(19)18-11-15-5-4-10-21-17(15)14-8-6-13(2)7-9-14/h6-9,15,17H,3-5,10-12H2,1-2H3,(H,18,19). The minimum atomic E-state index is -0.0509. The Bertz CT molecular complexity index is 444. The van der Waals surface area contributed by atoms with Gasteiger partial charge in [0.05, 0.1) is 6.10 Å². The lowest BCUT2D eigenvalue weighted by Crippen LogP contribution is -2.36. The molecule has 116 valence electrons. The predicted molar refractivity (Wildman–Crippen MR) is 82.1 cm³/mol. The number of carbonyl (C=O) groups excluding carboxylic acids is 1. The number of benzene rings is 1. The first-order valence-corrected chi connectivity index (χ1v) is 7.73. The van der Waals surface area contributed by atoms with Gasteiger partial charge in [0.1, 0.15) is 6.61 Å². The fourth-order valence-electron chi connectivity index (χ4n) is 2.67. The molecular weight excluding hydrogens is 266 g/mol. The highest BCUT2D eigenvalue weighted by atomic mass is 16.5. The SMILES string of the molecule is CCOCC(=O)NCC1CCCOC1c1ccc(C)cc1. The Balaban J connectivity index is 1.92. The fourth-order valence-corrected chi connectivity index (χ4v) is 2.67. The van der Waals surface area contributed by atoms with Crippen LogP contribution in [0.25, 0.3) is 0 Å². The van der Waals surface area contributed by atoms with E-state index in [0.29, 0.717) is 19.1 Å². The van der Waals surface area contributed by atoms with Crippen LogP contribution in [-0.2, 0) is 14.3 Å². The molecule has 0 aliphatic carbocycles. The van der Waals surface area contributed by atoms with Crippen molar-refractivity contribution < 1.29 is 14.3 Å². The van der Waals surface area contributed by atoms with Crippen molar-refractivity contribution in [3.63, 3.8) is 0 Å². The van der Waals surface area contributed by atoms with Crippen molar-refractivity contribution in [3.8, 4) is 0 Å². The molecule has 0 spiro atoms. The molecule has 21 heavy (non-hydrogen) atoms. The Hall–Kier alpha value is -1.39. The first-order chi connectivity index (χ1) is 10.2. The molecule has 1 fully saturated rings. The molecule has 0 bridgehead atoms. The highest BCUT2D eigenvalue weighted by Gasteiger charge is 2.27. The van der Waals surface area contributed by atoms with E-state index < -0.39 is 0 Å². The summed E-state index contributed by atoms with van der Waals surface area (Å²) in [5.41, 5.74) is 2.44. The van der Waals surface area contributed by atoms with Crippen molar-refractivity contribution >= 4 is 5.91 Å². The van der Waals surface area contributed by atoms with Crippen molar-refractivity contribution in [1.82, 2.24) is 5.32 Å². The van der Waals surface area contributed by atoms with Gasteiger partial charge in [0.15, 0.2) is 0 Å². The van der Waals surface area contributed by atoms with Crippen LogP contribution < -0.4 is 5.32 Å². The fraction of sp³-hybridized carbons (Fsp3) is 0.588. The molecule has 2 unspecified atom stereocenters. The van der Waals surface area contributed by atoms with Gasteiger partial charge in [0.25, 0.3) is 0 Å². The van der Waals surface area contributed by atoms with Crippen LogP contribution in [0, 0.1) is 12.8 Å². The molecule has 1 saturated heterocycles. The molecular formula is C17H25NO3. The van der Waals surface area contributed by atoms with Crippen molar-refractivity contribution in [2.75, 3.05) is 26.4 Å². The Morgan fingerprint density at radius 2 is 2.14 bits per heavy atom. The van der Waals surface area contributed by atoms with Gasteiger partial charge in [-0.3, -0.25) is 4.79 Å². The molecule has 2 rings (SSSR count). The Morgan fingerprint density at radius 3 is 2.86 bits per heavy atom. The van der Waals surface area contributed by atoms with E-state index in [4.69, 9.17) is 9.47 Å². The van der Waals surface area contributed by atoms with E-state index in [1.807, 2.05) is 6.92 Å². The van der Waals surface area contributed by atoms with E-state index in [1.165, 1.54) is 11.1 Å². The van der Waals surface area contributed by atoms with E-state index >= 15 is 0 Å². The number of hydrogen-bond acceptors (Lipinski definition) is 3. The van der Waals surface area contributed by atoms with Gasteiger partial charge >= 0.3 is 0 Å². The maximum atomic E-state index is 11.7. The summed E-state index contributed by atoms with van der Waals surface area (Å²) in [5.74, 6) is 0.275. The average molecular weight is 291 g/mol. The van der Waals surface area contributed by atoms with Gasteiger partial charge in [-0.15, -0.1) is 0 Å². The Morgan fingerprint density at radius 1 is 1.38 bits per heavy atom. The number of amides is 1. The van der Waals surface area contributed by atoms with Crippen LogP contribution in [0.5, 0.6) is 0 Å². The number of ether oxygens (including phenoxy) is 2. The summed E-state index contributed by atoms with van der Waals surface area (Å²) in [6.45, 7) is 6.10. The molecule has 1 amide bonds. The second-order valence-corrected chi connectivity index (χ2v) is 5.55. The Kier molecular flexibility index (Phi) is 6.21. The highest BCUT2D eigenvalue weighted by Crippen LogP contribution is 2.33. The first-order valence-electron chi connectivity index (χ1n) is 7.73. The third-order valence-electron chi connectivity index (χ3n) is 3.85. The lowest BCUT2D eigenvalue weighted by molar-refractivity contribution is -0.126. The maximum Gasteiger partial charge on any atom is 0.246 e. The molecule has 4 heteroatoms. The minimum Gasteiger partial charge on any atom is -0.373 e. The number of hydrogen-bond donors (Lipinski definition) is 1. The van der Waals surface area contributed by atoms with Gasteiger partial charge in [-0.2, -0.15) is 0 Å². The van der Waals surface area contributed by atoms with Crippen LogP contribution in [-0.4, -0.2) is 32.3 Å². The highest BCUT2D eigenvalue weighted by molar-refractivity contribution is 5.77. The maximum absolute atomic E-state index is 11.7. The van der Waals surface area contributed by atoms with E-state index in [9.17, 15) is 4.79 Å². The van der Waals surface area contributed by atoms with E-state index in [2.05, 4.69) is 36.5 Å². The zero-order chi connectivity index (χ0) is 15.1. The monoisotopic (exact) mass is 291 g/mol. The van der Waals surface area contributed by atoms with Crippen LogP contribution in [0.1, 0.15) is 37.0 Å². The minimum absolute atomic E-state index is 0.0509. The van der Waals surface area contributed by atoms with Crippen LogP contribution in [0.3, 0.4) is 0 Å². The number of rotatable bonds is 6. The second-order valence-electron chi connectivity index (χ2n) is 5.55. The third kappa shape index (κ3) is 4.83. The van der Waals surface area contributed by atoms with Crippen LogP contribution >= 0.6 is 0 Å². The van der Waals surface area contributed by atoms with Gasteiger partial charge in [0, 0.05) is 25.7 Å². The normalized spacial score (nSPS) is 22.0. The van der Waals surface area contributed by atoms with E-state index in [1.54, 1.807) is 0 Å². The molecule has 0 saturated carbocycles. The van der Waals surface area contributed by atoms with Gasteiger partial charge in [-0.05, 0) is 32.3 Å². The largest absolute Gasteiger partial charge is 0.373 e. The lowest BCUT2D eigenvalue weighted by atomic mass is 9.89. The van der Waals surface area contributed by atoms with Gasteiger partial charge < -0.3 is 14.8 Å². The van der Waals surface area contributed by atoms with Crippen LogP contribution in [0.4, 0.5) is 0 Å². The van der Waals surface area contributed by atoms with E-state index in [-0.39, 0.29) is 18.6 Å². The predicted octanol–water partition coefficient (Wildman–Crippen LogP) is 2.62. The van der Waals surface area contributed by atoms with Crippen molar-refractivity contribution in [3.05, 3.63) is 35.4 Å². The second kappa shape index (κ2) is 8.15. The van der Waals surface area contributed by atoms with Gasteiger partial charge in [-0.25, -0.2) is 0 Å². The third-order valence-corrected chi connectivity index (χ3v) is 3.85. The summed E-state index contributed by atoms with van der Waals surface area (Å²) >= 11 is 0. The van der Waals surface area contributed by atoms with E-state index in [0.717, 1.165) is 19.4 Å². The van der Waals surface area contributed by atoms with Crippen molar-refractivity contribution in [1.29, 1.82) is 0 Å². The van der Waals surface area contributed by atoms with Crippen LogP contribution in [0.2, 0.25) is 0 Å². The molecule has 1 aliphatic rings. The molecule has 4 nitrogen and oxygen atoms in total. The summed E-state index contributed by atoms with van der Waals surface area (Å²) in [6.07, 6.45) is 2.20. The van der Waals surface area contributed by atoms with Crippen molar-refractivity contribution in [2.24, 2.45) is 5.92 Å². The summed E-state index contributed by atoms with van der Waals surface area (Å²) in [7, 11) is 0. The molecule has 1 heterocycles. The number of carbonyl (C=O) groups is 1. The molecule has 2 atom stereocenters. The number of aryl methyl sites for hydroxylation is 1. The van der Waals surface area contributed by atoms with Crippen molar-refractivity contribution in [2.45, 2.75) is 32.8 Å². The first kappa shape index (κ1) is 16.0. The number of nitrogens with one attached hydrogen (secondary N) is 1. The summed E-state index contributed by atoms with van der Waals surface area (Å²) in [4.78, 5) is 11.7. The van der Waals surface area contributed by atoms with Gasteiger partial charge in [-0.1, -0.05) is 29.8 Å².